The van der Waals surface area contributed by atoms with Crippen molar-refractivity contribution in [3.63, 3.8) is 0 Å². The van der Waals surface area contributed by atoms with Crippen LogP contribution in [0, 0.1) is 0 Å². The molecule has 0 amide bonds. The van der Waals surface area contributed by atoms with Gasteiger partial charge in [0.15, 0.2) is 0 Å². The molecule has 0 aromatic heterocycles. The van der Waals surface area contributed by atoms with E-state index in [-0.39, 0.29) is 0 Å². The van der Waals surface area contributed by atoms with Crippen LogP contribution in [-0.4, -0.2) is 13.3 Å². The van der Waals surface area contributed by atoms with Crippen LogP contribution in [0.2, 0.25) is 0 Å². The molecule has 0 radical (unpaired) electrons. The minimum atomic E-state index is 0.955. The fourth-order valence-corrected chi connectivity index (χ4v) is 0.821. The van der Waals surface area contributed by atoms with E-state index in [9.17, 15) is 0 Å². The SMILES string of the molecule is C=C(C)/C=C\C(=C)/C(C=NC)=C/C. The van der Waals surface area contributed by atoms with Crippen molar-refractivity contribution in [1.82, 2.24) is 0 Å². The molecule has 0 spiro atoms. The average molecular weight is 175 g/mol. The summed E-state index contributed by atoms with van der Waals surface area (Å²) in [6, 6.07) is 0. The maximum absolute atomic E-state index is 3.94. The van der Waals surface area contributed by atoms with Gasteiger partial charge in [-0.2, -0.15) is 0 Å². The summed E-state index contributed by atoms with van der Waals surface area (Å²) < 4.78 is 0. The monoisotopic (exact) mass is 175 g/mol. The maximum Gasteiger partial charge on any atom is 0.0283 e. The molecule has 70 valence electrons. The van der Waals surface area contributed by atoms with Crippen molar-refractivity contribution in [3.8, 4) is 0 Å². The summed E-state index contributed by atoms with van der Waals surface area (Å²) in [6.07, 6.45) is 7.66. The highest BCUT2D eigenvalue weighted by atomic mass is 14.6. The Balaban J connectivity index is 4.50. The molecule has 0 atom stereocenters. The zero-order valence-corrected chi connectivity index (χ0v) is 8.67. The van der Waals surface area contributed by atoms with Crippen LogP contribution in [0.1, 0.15) is 13.8 Å². The maximum atomic E-state index is 3.94. The highest BCUT2D eigenvalue weighted by Crippen LogP contribution is 2.07. The molecule has 0 N–H and O–H groups in total. The van der Waals surface area contributed by atoms with Gasteiger partial charge < -0.3 is 0 Å². The van der Waals surface area contributed by atoms with E-state index in [1.165, 1.54) is 0 Å². The number of nitrogens with zero attached hydrogens (tertiary/aromatic N) is 1. The Morgan fingerprint density at radius 1 is 1.23 bits per heavy atom. The van der Waals surface area contributed by atoms with E-state index in [0.717, 1.165) is 16.7 Å². The predicted molar refractivity (Wildman–Crippen MR) is 61.3 cm³/mol. The lowest BCUT2D eigenvalue weighted by Gasteiger charge is -1.98. The van der Waals surface area contributed by atoms with Gasteiger partial charge in [0.1, 0.15) is 0 Å². The predicted octanol–water partition coefficient (Wildman–Crippen LogP) is 3.32. The van der Waals surface area contributed by atoms with Gasteiger partial charge in [-0.05, 0) is 25.0 Å². The van der Waals surface area contributed by atoms with E-state index in [2.05, 4.69) is 18.2 Å². The van der Waals surface area contributed by atoms with Gasteiger partial charge in [-0.15, -0.1) is 0 Å². The standard InChI is InChI=1S/C12H17N/c1-6-12(9-13-5)11(4)8-7-10(2)3/h6-9H,2,4H2,1,3,5H3/b8-7-,12-6+,13-9?. The van der Waals surface area contributed by atoms with Gasteiger partial charge in [0.25, 0.3) is 0 Å². The number of hydrogen-bond donors (Lipinski definition) is 0. The molecule has 0 aromatic carbocycles. The molecule has 1 heteroatoms. The second-order valence-electron chi connectivity index (χ2n) is 2.84. The minimum absolute atomic E-state index is 0.955. The second kappa shape index (κ2) is 6.18. The molecule has 0 saturated heterocycles. The topological polar surface area (TPSA) is 12.4 Å². The Hall–Kier alpha value is -1.37. The van der Waals surface area contributed by atoms with Crippen molar-refractivity contribution in [2.24, 2.45) is 4.99 Å². The van der Waals surface area contributed by atoms with E-state index in [1.54, 1.807) is 13.3 Å². The molecule has 0 aliphatic carbocycles. The normalized spacial score (nSPS) is 12.7. The highest BCUT2D eigenvalue weighted by molar-refractivity contribution is 5.85. The van der Waals surface area contributed by atoms with Gasteiger partial charge in [0, 0.05) is 13.3 Å². The molecule has 0 bridgehead atoms. The van der Waals surface area contributed by atoms with Crippen molar-refractivity contribution in [1.29, 1.82) is 0 Å². The molecule has 0 aliphatic rings. The third-order valence-electron chi connectivity index (χ3n) is 1.52. The Bertz CT molecular complexity index is 277. The van der Waals surface area contributed by atoms with E-state index >= 15 is 0 Å². The van der Waals surface area contributed by atoms with Crippen LogP contribution >= 0.6 is 0 Å². The van der Waals surface area contributed by atoms with Crippen molar-refractivity contribution < 1.29 is 0 Å². The zero-order chi connectivity index (χ0) is 10.3. The first-order valence-corrected chi connectivity index (χ1v) is 4.23. The number of aliphatic imine (C=N–C) groups is 1. The third kappa shape index (κ3) is 4.96. The Kier molecular flexibility index (Phi) is 5.53. The van der Waals surface area contributed by atoms with Crippen LogP contribution in [0.5, 0.6) is 0 Å². The molecule has 0 aliphatic heterocycles. The average Bonchev–Trinajstić information content (AvgIpc) is 2.10. The van der Waals surface area contributed by atoms with Gasteiger partial charge in [-0.1, -0.05) is 37.0 Å². The van der Waals surface area contributed by atoms with Gasteiger partial charge in [-0.25, -0.2) is 0 Å². The van der Waals surface area contributed by atoms with Crippen LogP contribution in [0.15, 0.2) is 53.1 Å². The first-order chi connectivity index (χ1) is 6.11. The lowest BCUT2D eigenvalue weighted by Crippen LogP contribution is -1.86. The number of rotatable bonds is 4. The quantitative estimate of drug-likeness (QED) is 0.459. The molecule has 0 fully saturated rings. The number of allylic oxidation sites excluding steroid dienone is 6. The zero-order valence-electron chi connectivity index (χ0n) is 8.67. The van der Waals surface area contributed by atoms with Crippen LogP contribution in [0.3, 0.4) is 0 Å². The van der Waals surface area contributed by atoms with Crippen molar-refractivity contribution in [3.05, 3.63) is 48.1 Å². The number of hydrogen-bond acceptors (Lipinski definition) is 1. The lowest BCUT2D eigenvalue weighted by molar-refractivity contribution is 1.44. The van der Waals surface area contributed by atoms with Crippen LogP contribution < -0.4 is 0 Å². The van der Waals surface area contributed by atoms with Crippen molar-refractivity contribution in [2.75, 3.05) is 7.05 Å². The fraction of sp³-hybridized carbons (Fsp3) is 0.250. The summed E-state index contributed by atoms with van der Waals surface area (Å²) in [5.41, 5.74) is 3.01. The van der Waals surface area contributed by atoms with E-state index < -0.39 is 0 Å². The summed E-state index contributed by atoms with van der Waals surface area (Å²) in [5, 5.41) is 0. The van der Waals surface area contributed by atoms with Gasteiger partial charge in [-0.3, -0.25) is 4.99 Å². The molecular formula is C12H17N. The van der Waals surface area contributed by atoms with E-state index in [4.69, 9.17) is 0 Å². The molecular weight excluding hydrogens is 158 g/mol. The molecule has 0 aromatic rings. The van der Waals surface area contributed by atoms with Crippen LogP contribution in [-0.2, 0) is 0 Å². The fourth-order valence-electron chi connectivity index (χ4n) is 0.821. The highest BCUT2D eigenvalue weighted by Gasteiger charge is 1.92. The van der Waals surface area contributed by atoms with Crippen LogP contribution in [0.4, 0.5) is 0 Å². The van der Waals surface area contributed by atoms with Gasteiger partial charge in [0.2, 0.25) is 0 Å². The molecule has 0 unspecified atom stereocenters. The van der Waals surface area contributed by atoms with E-state index in [1.807, 2.05) is 32.1 Å². The molecule has 0 rings (SSSR count). The smallest absolute Gasteiger partial charge is 0.0283 e. The Morgan fingerprint density at radius 2 is 1.85 bits per heavy atom. The summed E-state index contributed by atoms with van der Waals surface area (Å²) in [6.45, 7) is 11.6. The first-order valence-electron chi connectivity index (χ1n) is 4.23. The van der Waals surface area contributed by atoms with Crippen molar-refractivity contribution >= 4 is 6.21 Å². The Labute approximate surface area is 80.9 Å². The molecule has 0 heterocycles. The summed E-state index contributed by atoms with van der Waals surface area (Å²) in [7, 11) is 1.75. The summed E-state index contributed by atoms with van der Waals surface area (Å²) >= 11 is 0. The summed E-state index contributed by atoms with van der Waals surface area (Å²) in [4.78, 5) is 3.94. The Morgan fingerprint density at radius 3 is 2.23 bits per heavy atom. The van der Waals surface area contributed by atoms with Crippen LogP contribution in [0.25, 0.3) is 0 Å². The second-order valence-corrected chi connectivity index (χ2v) is 2.84. The van der Waals surface area contributed by atoms with Gasteiger partial charge >= 0.3 is 0 Å². The van der Waals surface area contributed by atoms with E-state index in [0.29, 0.717) is 0 Å². The van der Waals surface area contributed by atoms with Crippen molar-refractivity contribution in [2.45, 2.75) is 13.8 Å². The third-order valence-corrected chi connectivity index (χ3v) is 1.52. The first kappa shape index (κ1) is 11.6. The molecule has 13 heavy (non-hydrogen) atoms. The molecule has 1 nitrogen and oxygen atoms in total. The molecule has 0 saturated carbocycles. The minimum Gasteiger partial charge on any atom is -0.296 e. The lowest BCUT2D eigenvalue weighted by atomic mass is 10.1. The van der Waals surface area contributed by atoms with Gasteiger partial charge in [0.05, 0.1) is 0 Å². The summed E-state index contributed by atoms with van der Waals surface area (Å²) in [5.74, 6) is 0. The largest absolute Gasteiger partial charge is 0.296 e.